The fourth-order valence-corrected chi connectivity index (χ4v) is 1.71. The number of imidazole rings is 1. The summed E-state index contributed by atoms with van der Waals surface area (Å²) in [5, 5.41) is 8.86. The quantitative estimate of drug-likeness (QED) is 0.915. The molecular formula is C11H8ClF3N2O. The van der Waals surface area contributed by atoms with Gasteiger partial charge in [0.1, 0.15) is 0 Å². The van der Waals surface area contributed by atoms with Crippen molar-refractivity contribution >= 4 is 11.6 Å². The molecule has 1 aromatic carbocycles. The molecular weight excluding hydrogens is 269 g/mol. The number of hydrogen-bond donors (Lipinski definition) is 1. The number of halogens is 4. The summed E-state index contributed by atoms with van der Waals surface area (Å²) in [6, 6.07) is 3.48. The third kappa shape index (κ3) is 2.49. The largest absolute Gasteiger partial charge is 0.418 e. The Morgan fingerprint density at radius 2 is 2.06 bits per heavy atom. The lowest BCUT2D eigenvalue weighted by Crippen LogP contribution is -2.10. The van der Waals surface area contributed by atoms with Gasteiger partial charge in [0.05, 0.1) is 29.9 Å². The van der Waals surface area contributed by atoms with Gasteiger partial charge in [-0.15, -0.1) is 0 Å². The molecule has 2 rings (SSSR count). The molecule has 0 fully saturated rings. The van der Waals surface area contributed by atoms with Gasteiger partial charge in [-0.3, -0.25) is 0 Å². The molecule has 2 aromatic rings. The molecule has 0 amide bonds. The highest BCUT2D eigenvalue weighted by Crippen LogP contribution is 2.35. The Bertz CT molecular complexity index is 566. The van der Waals surface area contributed by atoms with Crippen LogP contribution in [0.15, 0.2) is 30.7 Å². The number of aliphatic hydroxyl groups excluding tert-OH is 1. The number of hydrogen-bond acceptors (Lipinski definition) is 2. The van der Waals surface area contributed by atoms with Crippen LogP contribution < -0.4 is 0 Å². The Kier molecular flexibility index (Phi) is 3.32. The predicted octanol–water partition coefficient (Wildman–Crippen LogP) is 3.04. The van der Waals surface area contributed by atoms with E-state index in [-0.39, 0.29) is 23.0 Å². The summed E-state index contributed by atoms with van der Waals surface area (Å²) in [6.45, 7) is -0.331. The molecule has 0 aliphatic carbocycles. The zero-order chi connectivity index (χ0) is 13.3. The van der Waals surface area contributed by atoms with Crippen molar-refractivity contribution in [2.24, 2.45) is 0 Å². The van der Waals surface area contributed by atoms with Crippen LogP contribution in [0.25, 0.3) is 5.69 Å². The fraction of sp³-hybridized carbons (Fsp3) is 0.182. The van der Waals surface area contributed by atoms with E-state index in [4.69, 9.17) is 16.7 Å². The number of alkyl halides is 3. The molecule has 7 heteroatoms. The molecule has 0 atom stereocenters. The van der Waals surface area contributed by atoms with Gasteiger partial charge in [-0.05, 0) is 18.2 Å². The number of aliphatic hydroxyl groups is 1. The van der Waals surface area contributed by atoms with E-state index in [1.54, 1.807) is 0 Å². The topological polar surface area (TPSA) is 38.0 Å². The third-order valence-electron chi connectivity index (χ3n) is 2.34. The Hall–Kier alpha value is -1.53. The van der Waals surface area contributed by atoms with Gasteiger partial charge < -0.3 is 9.67 Å². The molecule has 1 N–H and O–H groups in total. The van der Waals surface area contributed by atoms with Crippen LogP contribution in [0.1, 0.15) is 11.3 Å². The average Bonchev–Trinajstić information content (AvgIpc) is 2.76. The van der Waals surface area contributed by atoms with Crippen molar-refractivity contribution in [2.75, 3.05) is 0 Å². The van der Waals surface area contributed by atoms with E-state index in [0.717, 1.165) is 6.07 Å². The van der Waals surface area contributed by atoms with E-state index in [1.807, 2.05) is 0 Å². The van der Waals surface area contributed by atoms with Crippen LogP contribution in [-0.4, -0.2) is 14.7 Å². The van der Waals surface area contributed by atoms with Gasteiger partial charge in [0.15, 0.2) is 0 Å². The average molecular weight is 277 g/mol. The van der Waals surface area contributed by atoms with Crippen LogP contribution in [0.5, 0.6) is 0 Å². The van der Waals surface area contributed by atoms with Crippen LogP contribution in [0, 0.1) is 0 Å². The minimum atomic E-state index is -4.51. The van der Waals surface area contributed by atoms with E-state index in [2.05, 4.69) is 4.98 Å². The van der Waals surface area contributed by atoms with Crippen molar-refractivity contribution in [3.8, 4) is 5.69 Å². The second kappa shape index (κ2) is 4.62. The van der Waals surface area contributed by atoms with Crippen molar-refractivity contribution < 1.29 is 18.3 Å². The predicted molar refractivity (Wildman–Crippen MR) is 59.5 cm³/mol. The SMILES string of the molecule is OCc1cn(-c2ccc(Cl)cc2C(F)(F)F)cn1. The van der Waals surface area contributed by atoms with Crippen molar-refractivity contribution in [1.82, 2.24) is 9.55 Å². The summed E-state index contributed by atoms with van der Waals surface area (Å²) in [7, 11) is 0. The second-order valence-corrected chi connectivity index (χ2v) is 4.03. The minimum Gasteiger partial charge on any atom is -0.390 e. The van der Waals surface area contributed by atoms with Gasteiger partial charge in [-0.1, -0.05) is 11.6 Å². The molecule has 0 radical (unpaired) electrons. The number of benzene rings is 1. The molecule has 0 saturated carbocycles. The number of nitrogens with zero attached hydrogens (tertiary/aromatic N) is 2. The van der Waals surface area contributed by atoms with Gasteiger partial charge in [-0.2, -0.15) is 13.2 Å². The van der Waals surface area contributed by atoms with Gasteiger partial charge >= 0.3 is 6.18 Å². The zero-order valence-corrected chi connectivity index (χ0v) is 9.70. The van der Waals surface area contributed by atoms with Gasteiger partial charge in [0.2, 0.25) is 0 Å². The van der Waals surface area contributed by atoms with E-state index in [0.29, 0.717) is 0 Å². The van der Waals surface area contributed by atoms with Crippen LogP contribution in [0.3, 0.4) is 0 Å². The molecule has 3 nitrogen and oxygen atoms in total. The van der Waals surface area contributed by atoms with Crippen LogP contribution in [0.4, 0.5) is 13.2 Å². The van der Waals surface area contributed by atoms with E-state index in [1.165, 1.54) is 29.2 Å². The number of rotatable bonds is 2. The maximum absolute atomic E-state index is 12.9. The standard InChI is InChI=1S/C11H8ClF3N2O/c12-7-1-2-10(9(3-7)11(13,14)15)17-4-8(5-18)16-6-17/h1-4,6,18H,5H2. The summed E-state index contributed by atoms with van der Waals surface area (Å²) in [5.41, 5.74) is -0.644. The summed E-state index contributed by atoms with van der Waals surface area (Å²) < 4.78 is 39.8. The second-order valence-electron chi connectivity index (χ2n) is 3.59. The summed E-state index contributed by atoms with van der Waals surface area (Å²) in [5.74, 6) is 0. The normalized spacial score (nSPS) is 11.8. The number of aromatic nitrogens is 2. The molecule has 0 unspecified atom stereocenters. The first-order valence-electron chi connectivity index (χ1n) is 4.92. The van der Waals surface area contributed by atoms with Gasteiger partial charge in [0.25, 0.3) is 0 Å². The molecule has 1 aromatic heterocycles. The minimum absolute atomic E-state index is 0.00794. The van der Waals surface area contributed by atoms with E-state index in [9.17, 15) is 13.2 Å². The lowest BCUT2D eigenvalue weighted by molar-refractivity contribution is -0.137. The third-order valence-corrected chi connectivity index (χ3v) is 2.58. The lowest BCUT2D eigenvalue weighted by Gasteiger charge is -2.13. The maximum Gasteiger partial charge on any atom is 0.418 e. The van der Waals surface area contributed by atoms with Crippen molar-refractivity contribution in [2.45, 2.75) is 12.8 Å². The molecule has 0 bridgehead atoms. The first kappa shape index (κ1) is 12.9. The molecule has 0 saturated heterocycles. The smallest absolute Gasteiger partial charge is 0.390 e. The Labute approximate surface area is 105 Å². The summed E-state index contributed by atoms with van der Waals surface area (Å²) in [6.07, 6.45) is -1.97. The zero-order valence-electron chi connectivity index (χ0n) is 8.95. The van der Waals surface area contributed by atoms with E-state index >= 15 is 0 Å². The van der Waals surface area contributed by atoms with E-state index < -0.39 is 11.7 Å². The fourth-order valence-electron chi connectivity index (χ4n) is 1.54. The molecule has 0 aliphatic heterocycles. The summed E-state index contributed by atoms with van der Waals surface area (Å²) in [4.78, 5) is 3.77. The first-order valence-corrected chi connectivity index (χ1v) is 5.30. The molecule has 1 heterocycles. The highest BCUT2D eigenvalue weighted by Gasteiger charge is 2.34. The first-order chi connectivity index (χ1) is 8.41. The Balaban J connectivity index is 2.56. The molecule has 18 heavy (non-hydrogen) atoms. The van der Waals surface area contributed by atoms with Crippen LogP contribution >= 0.6 is 11.6 Å². The highest BCUT2D eigenvalue weighted by molar-refractivity contribution is 6.30. The molecule has 0 spiro atoms. The van der Waals surface area contributed by atoms with Crippen LogP contribution in [0.2, 0.25) is 5.02 Å². The monoisotopic (exact) mass is 276 g/mol. The van der Waals surface area contributed by atoms with Gasteiger partial charge in [-0.25, -0.2) is 4.98 Å². The van der Waals surface area contributed by atoms with Crippen molar-refractivity contribution in [1.29, 1.82) is 0 Å². The highest BCUT2D eigenvalue weighted by atomic mass is 35.5. The van der Waals surface area contributed by atoms with Gasteiger partial charge in [0, 0.05) is 11.2 Å². The lowest BCUT2D eigenvalue weighted by atomic mass is 10.1. The molecule has 96 valence electrons. The van der Waals surface area contributed by atoms with Crippen LogP contribution in [-0.2, 0) is 12.8 Å². The maximum atomic E-state index is 12.9. The van der Waals surface area contributed by atoms with Crippen molar-refractivity contribution in [3.63, 3.8) is 0 Å². The summed E-state index contributed by atoms with van der Waals surface area (Å²) >= 11 is 5.58. The Morgan fingerprint density at radius 1 is 1.33 bits per heavy atom. The molecule has 0 aliphatic rings. The van der Waals surface area contributed by atoms with Crippen molar-refractivity contribution in [3.05, 3.63) is 47.0 Å². The Morgan fingerprint density at radius 3 is 2.61 bits per heavy atom.